The van der Waals surface area contributed by atoms with Crippen molar-refractivity contribution in [3.63, 3.8) is 0 Å². The molecule has 0 saturated heterocycles. The fraction of sp³-hybridized carbons (Fsp3) is 0.769. The van der Waals surface area contributed by atoms with Crippen LogP contribution in [0, 0.1) is 6.92 Å². The number of hydrogen-bond donors (Lipinski definition) is 1. The molecule has 0 fully saturated rings. The third-order valence-electron chi connectivity index (χ3n) is 1.51. The van der Waals surface area contributed by atoms with Crippen molar-refractivity contribution in [2.75, 3.05) is 6.61 Å². The van der Waals surface area contributed by atoms with Crippen molar-refractivity contribution in [1.29, 1.82) is 0 Å². The van der Waals surface area contributed by atoms with Gasteiger partial charge in [-0.05, 0) is 48.5 Å². The highest BCUT2D eigenvalue weighted by atomic mass is 16.8. The van der Waals surface area contributed by atoms with Crippen molar-refractivity contribution in [3.05, 3.63) is 6.92 Å². The largest absolute Gasteiger partial charge is 0.444 e. The van der Waals surface area contributed by atoms with Gasteiger partial charge in [0.15, 0.2) is 0 Å². The number of imide groups is 1. The monoisotopic (exact) mass is 290 g/mol. The molecule has 0 aliphatic heterocycles. The van der Waals surface area contributed by atoms with E-state index in [-0.39, 0.29) is 6.61 Å². The highest BCUT2D eigenvalue weighted by Crippen LogP contribution is 2.14. The zero-order chi connectivity index (χ0) is 16.1. The highest BCUT2D eigenvalue weighted by Gasteiger charge is 2.32. The minimum atomic E-state index is -1.10. The maximum Gasteiger partial charge on any atom is 0.444 e. The predicted octanol–water partition coefficient (Wildman–Crippen LogP) is 2.29. The van der Waals surface area contributed by atoms with Gasteiger partial charge in [0.2, 0.25) is 0 Å². The lowest BCUT2D eigenvalue weighted by molar-refractivity contribution is -0.150. The minimum absolute atomic E-state index is 0.338. The van der Waals surface area contributed by atoms with Crippen LogP contribution in [0.25, 0.3) is 0 Å². The van der Waals surface area contributed by atoms with Crippen LogP contribution >= 0.6 is 0 Å². The number of aliphatic hydroxyl groups excluding tert-OH is 1. The summed E-state index contributed by atoms with van der Waals surface area (Å²) >= 11 is 0. The van der Waals surface area contributed by atoms with E-state index >= 15 is 0 Å². The summed E-state index contributed by atoms with van der Waals surface area (Å²) in [5, 5.41) is 9.40. The summed E-state index contributed by atoms with van der Waals surface area (Å²) in [4.78, 5) is 28.6. The molecular formula is C13H24NO6. The van der Waals surface area contributed by atoms with Crippen molar-refractivity contribution >= 4 is 12.2 Å². The molecule has 0 aromatic carbocycles. The minimum Gasteiger partial charge on any atom is -0.442 e. The average molecular weight is 290 g/mol. The van der Waals surface area contributed by atoms with Gasteiger partial charge >= 0.3 is 12.2 Å². The zero-order valence-corrected chi connectivity index (χ0v) is 12.9. The van der Waals surface area contributed by atoms with E-state index in [1.54, 1.807) is 41.5 Å². The Morgan fingerprint density at radius 3 is 1.65 bits per heavy atom. The SMILES string of the molecule is [CH2]C(O)CON(C(=O)OC(C)(C)C)C(=O)OC(C)(C)C. The fourth-order valence-electron chi connectivity index (χ4n) is 0.947. The molecule has 0 heterocycles. The Bertz CT molecular complexity index is 312. The molecule has 1 atom stereocenters. The zero-order valence-electron chi connectivity index (χ0n) is 12.9. The van der Waals surface area contributed by atoms with Crippen LogP contribution in [0.4, 0.5) is 9.59 Å². The van der Waals surface area contributed by atoms with Crippen LogP contribution in [0.3, 0.4) is 0 Å². The van der Waals surface area contributed by atoms with Crippen LogP contribution in [0.15, 0.2) is 0 Å². The Kier molecular flexibility index (Phi) is 6.43. The number of rotatable bonds is 3. The van der Waals surface area contributed by atoms with Crippen LogP contribution in [0.1, 0.15) is 41.5 Å². The molecule has 0 aliphatic rings. The van der Waals surface area contributed by atoms with E-state index in [0.717, 1.165) is 0 Å². The highest BCUT2D eigenvalue weighted by molar-refractivity contribution is 5.86. The summed E-state index contributed by atoms with van der Waals surface area (Å²) in [5.41, 5.74) is -1.60. The molecule has 1 unspecified atom stereocenters. The van der Waals surface area contributed by atoms with E-state index in [2.05, 4.69) is 6.92 Å². The molecule has 0 aromatic rings. The van der Waals surface area contributed by atoms with E-state index in [9.17, 15) is 9.59 Å². The molecule has 0 spiro atoms. The van der Waals surface area contributed by atoms with Gasteiger partial charge in [-0.15, -0.1) is 0 Å². The van der Waals surface area contributed by atoms with Gasteiger partial charge in [-0.25, -0.2) is 9.59 Å². The number of carbonyl (C=O) groups excluding carboxylic acids is 2. The van der Waals surface area contributed by atoms with Crippen LogP contribution in [0.5, 0.6) is 0 Å². The maximum atomic E-state index is 11.9. The molecule has 7 nitrogen and oxygen atoms in total. The molecule has 117 valence electrons. The van der Waals surface area contributed by atoms with Gasteiger partial charge in [-0.3, -0.25) is 4.84 Å². The van der Waals surface area contributed by atoms with Crippen molar-refractivity contribution < 1.29 is 29.0 Å². The molecule has 1 N–H and O–H groups in total. The molecule has 20 heavy (non-hydrogen) atoms. The van der Waals surface area contributed by atoms with Gasteiger partial charge in [-0.2, -0.15) is 0 Å². The third-order valence-corrected chi connectivity index (χ3v) is 1.51. The molecule has 1 radical (unpaired) electrons. The Balaban J connectivity index is 4.88. The van der Waals surface area contributed by atoms with E-state index in [1.807, 2.05) is 0 Å². The molecule has 0 aromatic heterocycles. The molecule has 0 bridgehead atoms. The molecule has 2 amide bonds. The topological polar surface area (TPSA) is 85.3 Å². The standard InChI is InChI=1S/C13H24NO6/c1-9(15)8-18-14(10(16)19-12(2,3)4)11(17)20-13(5,6)7/h9,15H,1,8H2,2-7H3. The Morgan fingerprint density at radius 1 is 1.05 bits per heavy atom. The second-order valence-corrected chi connectivity index (χ2v) is 6.20. The summed E-state index contributed by atoms with van der Waals surface area (Å²) in [7, 11) is 0. The molecule has 7 heteroatoms. The predicted molar refractivity (Wildman–Crippen MR) is 71.6 cm³/mol. The maximum absolute atomic E-state index is 11.9. The van der Waals surface area contributed by atoms with E-state index in [1.165, 1.54) is 0 Å². The van der Waals surface area contributed by atoms with Crippen LogP contribution < -0.4 is 0 Å². The average Bonchev–Trinajstić information content (AvgIpc) is 2.10. The van der Waals surface area contributed by atoms with Gasteiger partial charge in [0.25, 0.3) is 0 Å². The first-order valence-electron chi connectivity index (χ1n) is 6.22. The summed E-state index contributed by atoms with van der Waals surface area (Å²) in [6, 6.07) is 0. The number of amides is 2. The molecule has 0 saturated carbocycles. The molecule has 0 aliphatic carbocycles. The third kappa shape index (κ3) is 8.71. The number of ether oxygens (including phenoxy) is 2. The number of hydroxylamine groups is 2. The fourth-order valence-corrected chi connectivity index (χ4v) is 0.947. The van der Waals surface area contributed by atoms with E-state index in [4.69, 9.17) is 19.4 Å². The van der Waals surface area contributed by atoms with Gasteiger partial charge in [-0.1, -0.05) is 5.06 Å². The number of hydrogen-bond acceptors (Lipinski definition) is 6. The van der Waals surface area contributed by atoms with E-state index < -0.39 is 29.5 Å². The number of carbonyl (C=O) groups is 2. The summed E-state index contributed by atoms with van der Waals surface area (Å²) in [6.45, 7) is 12.8. The van der Waals surface area contributed by atoms with Crippen LogP contribution in [-0.2, 0) is 14.3 Å². The summed E-state index contributed by atoms with van der Waals surface area (Å²) in [5.74, 6) is 0. The Morgan fingerprint density at radius 2 is 1.40 bits per heavy atom. The van der Waals surface area contributed by atoms with Crippen molar-refractivity contribution in [2.45, 2.75) is 58.8 Å². The van der Waals surface area contributed by atoms with Gasteiger partial charge in [0.1, 0.15) is 17.8 Å². The first-order valence-corrected chi connectivity index (χ1v) is 6.22. The normalized spacial score (nSPS) is 13.6. The second-order valence-electron chi connectivity index (χ2n) is 6.20. The quantitative estimate of drug-likeness (QED) is 0.803. The van der Waals surface area contributed by atoms with Crippen molar-refractivity contribution in [3.8, 4) is 0 Å². The second kappa shape index (κ2) is 6.90. The Labute approximate surface area is 119 Å². The number of nitrogens with zero attached hydrogens (tertiary/aromatic N) is 1. The van der Waals surface area contributed by atoms with Gasteiger partial charge in [0.05, 0.1) is 6.10 Å². The smallest absolute Gasteiger partial charge is 0.442 e. The summed E-state index contributed by atoms with van der Waals surface area (Å²) in [6.07, 6.45) is -3.14. The van der Waals surface area contributed by atoms with E-state index in [0.29, 0.717) is 5.06 Å². The van der Waals surface area contributed by atoms with Gasteiger partial charge in [0, 0.05) is 0 Å². The lowest BCUT2D eigenvalue weighted by Crippen LogP contribution is -2.44. The van der Waals surface area contributed by atoms with Gasteiger partial charge < -0.3 is 14.6 Å². The molecular weight excluding hydrogens is 266 g/mol. The Hall–Kier alpha value is -1.34. The molecule has 0 rings (SSSR count). The number of aliphatic hydroxyl groups is 1. The van der Waals surface area contributed by atoms with Crippen LogP contribution in [0.2, 0.25) is 0 Å². The summed E-state index contributed by atoms with van der Waals surface area (Å²) < 4.78 is 10.1. The van der Waals surface area contributed by atoms with Crippen LogP contribution in [-0.4, -0.2) is 46.3 Å². The lowest BCUT2D eigenvalue weighted by atomic mass is 10.2. The van der Waals surface area contributed by atoms with Crippen molar-refractivity contribution in [1.82, 2.24) is 5.06 Å². The lowest BCUT2D eigenvalue weighted by Gasteiger charge is -2.27. The first-order chi connectivity index (χ1) is 8.82. The van der Waals surface area contributed by atoms with Crippen molar-refractivity contribution in [2.24, 2.45) is 0 Å². The first kappa shape index (κ1) is 18.7.